The van der Waals surface area contributed by atoms with E-state index in [1.807, 2.05) is 32.1 Å². The second kappa shape index (κ2) is 14.2. The van der Waals surface area contributed by atoms with Gasteiger partial charge in [0.05, 0.1) is 0 Å². The van der Waals surface area contributed by atoms with Crippen LogP contribution in [0.4, 0.5) is 0 Å². The number of fused-ring (bicyclic) bond motifs is 1. The Bertz CT molecular complexity index is 1900. The molecule has 1 fully saturated rings. The fourth-order valence-corrected chi connectivity index (χ4v) is 12.9. The monoisotopic (exact) mass is 818 g/mol. The number of carbonyl (C=O) groups is 2. The molecule has 2 aliphatic rings. The first-order valence-corrected chi connectivity index (χ1v) is 18.7. The summed E-state index contributed by atoms with van der Waals surface area (Å²) in [5.41, 5.74) is 3.88. The molecule has 3 aromatic carbocycles. The molecule has 6 rings (SSSR count). The van der Waals surface area contributed by atoms with Gasteiger partial charge in [-0.2, -0.15) is 0 Å². The van der Waals surface area contributed by atoms with Crippen molar-refractivity contribution in [2.24, 2.45) is 0 Å². The maximum atomic E-state index is 12.9. The first-order valence-electron chi connectivity index (χ1n) is 14.9. The molecule has 4 aromatic rings. The molecule has 229 valence electrons. The Morgan fingerprint density at radius 1 is 0.761 bits per heavy atom. The van der Waals surface area contributed by atoms with Crippen LogP contribution in [0.25, 0.3) is 12.2 Å². The topological polar surface area (TPSA) is 52.6 Å². The molecule has 3 heterocycles. The minimum atomic E-state index is -2.50. The summed E-state index contributed by atoms with van der Waals surface area (Å²) < 4.78 is 14.7. The van der Waals surface area contributed by atoms with Gasteiger partial charge in [0.25, 0.3) is 0 Å². The molecule has 7 heteroatoms. The second-order valence-corrected chi connectivity index (χ2v) is 15.7. The van der Waals surface area contributed by atoms with Crippen LogP contribution in [0.2, 0.25) is 0 Å². The molecule has 2 aliphatic heterocycles. The normalized spacial score (nSPS) is 17.2. The maximum absolute atomic E-state index is 12.9. The molecule has 1 aromatic heterocycles. The zero-order valence-electron chi connectivity index (χ0n) is 25.4. The number of allylic oxidation sites excluding steroid dienone is 6. The van der Waals surface area contributed by atoms with Gasteiger partial charge in [-0.05, 0) is 0 Å². The molecular weight excluding hydrogens is 786 g/mol. The molecule has 0 atom stereocenters. The van der Waals surface area contributed by atoms with Gasteiger partial charge in [-0.25, -0.2) is 0 Å². The summed E-state index contributed by atoms with van der Waals surface area (Å²) in [6.45, 7) is 4.99. The van der Waals surface area contributed by atoms with Crippen LogP contribution in [0, 0.1) is 4.37 Å². The molecule has 1 saturated heterocycles. The number of cyclic esters (lactones) is 2. The minimum absolute atomic E-state index is 0.327. The number of hydrogen-bond donors (Lipinski definition) is 0. The van der Waals surface area contributed by atoms with E-state index in [1.54, 1.807) is 17.9 Å². The van der Waals surface area contributed by atoms with E-state index >= 15 is 0 Å². The zero-order chi connectivity index (χ0) is 32.1. The number of carbonyl (C=O) groups excluding carboxylic acids is 2. The van der Waals surface area contributed by atoms with Crippen molar-refractivity contribution < 1.29 is 37.0 Å². The van der Waals surface area contributed by atoms with E-state index in [2.05, 4.69) is 114 Å². The predicted molar refractivity (Wildman–Crippen MR) is 187 cm³/mol. The summed E-state index contributed by atoms with van der Waals surface area (Å²) in [6.07, 6.45) is 12.0. The van der Waals surface area contributed by atoms with Gasteiger partial charge in [0.1, 0.15) is 0 Å². The van der Waals surface area contributed by atoms with Crippen LogP contribution in [-0.4, -0.2) is 25.2 Å². The van der Waals surface area contributed by atoms with E-state index in [4.69, 9.17) is 9.47 Å². The van der Waals surface area contributed by atoms with Crippen molar-refractivity contribution in [1.29, 1.82) is 0 Å². The molecule has 0 unspecified atom stereocenters. The van der Waals surface area contributed by atoms with Crippen molar-refractivity contribution in [2.45, 2.75) is 13.8 Å². The molecule has 0 spiro atoms. The third kappa shape index (κ3) is 5.85. The average Bonchev–Trinajstić information content (AvgIpc) is 3.79. The molecule has 0 saturated carbocycles. The van der Waals surface area contributed by atoms with Gasteiger partial charge in [-0.1, -0.05) is 0 Å². The fourth-order valence-electron chi connectivity index (χ4n) is 5.95. The van der Waals surface area contributed by atoms with E-state index < -0.39 is 19.2 Å². The number of hydrogen-bond acceptors (Lipinski definition) is 5. The van der Waals surface area contributed by atoms with Gasteiger partial charge < -0.3 is 0 Å². The Balaban J connectivity index is 1.70. The van der Waals surface area contributed by atoms with Crippen LogP contribution in [0.1, 0.15) is 44.3 Å². The van der Waals surface area contributed by atoms with Crippen molar-refractivity contribution in [3.05, 3.63) is 158 Å². The number of thiophene rings is 1. The van der Waals surface area contributed by atoms with Gasteiger partial charge in [-0.3, -0.25) is 0 Å². The Morgan fingerprint density at radius 2 is 1.26 bits per heavy atom. The zero-order valence-corrected chi connectivity index (χ0v) is 29.6. The van der Waals surface area contributed by atoms with Gasteiger partial charge in [-0.15, -0.1) is 0 Å². The molecule has 0 N–H and O–H groups in total. The third-order valence-corrected chi connectivity index (χ3v) is 14.5. The quantitative estimate of drug-likeness (QED) is 0.0791. The Hall–Kier alpha value is -3.99. The summed E-state index contributed by atoms with van der Waals surface area (Å²) in [6, 6.07) is 32.1. The van der Waals surface area contributed by atoms with Gasteiger partial charge >= 0.3 is 285 Å². The molecule has 0 bridgehead atoms. The average molecular weight is 817 g/mol. The van der Waals surface area contributed by atoms with E-state index in [0.29, 0.717) is 34.1 Å². The molecule has 0 amide bonds. The predicted octanol–water partition coefficient (Wildman–Crippen LogP) is 7.76. The van der Waals surface area contributed by atoms with Gasteiger partial charge in [0.2, 0.25) is 0 Å². The first kappa shape index (κ1) is 32.0. The SMILES string of the molecule is CC=C1COCC1=CC(/C=C/c1sc(/C=C/C)c2c1C(=O)OC2=O)=C([C]#[Os])[P+](c1ccccc1)(c1ccccc1)c1ccccc1. The summed E-state index contributed by atoms with van der Waals surface area (Å²) in [7, 11) is -2.50. The van der Waals surface area contributed by atoms with Gasteiger partial charge in [0.15, 0.2) is 0 Å². The van der Waals surface area contributed by atoms with Crippen LogP contribution >= 0.6 is 18.6 Å². The molecule has 4 nitrogen and oxygen atoms in total. The van der Waals surface area contributed by atoms with Crippen molar-refractivity contribution in [3.8, 4) is 4.37 Å². The van der Waals surface area contributed by atoms with E-state index in [0.717, 1.165) is 22.0 Å². The third-order valence-electron chi connectivity index (χ3n) is 8.02. The molecular formula is C39H31O4OsPS+. The fraction of sp³-hybridized carbons (Fsp3) is 0.103. The molecule has 46 heavy (non-hydrogen) atoms. The second-order valence-electron chi connectivity index (χ2n) is 10.6. The summed E-state index contributed by atoms with van der Waals surface area (Å²) in [4.78, 5) is 26.9. The van der Waals surface area contributed by atoms with Crippen molar-refractivity contribution >= 4 is 58.6 Å². The van der Waals surface area contributed by atoms with E-state index in [-0.39, 0.29) is 0 Å². The van der Waals surface area contributed by atoms with Crippen molar-refractivity contribution in [1.82, 2.24) is 0 Å². The number of esters is 2. The Labute approximate surface area is 283 Å². The number of ether oxygens (including phenoxy) is 2. The van der Waals surface area contributed by atoms with Crippen LogP contribution in [0.3, 0.4) is 0 Å². The summed E-state index contributed by atoms with van der Waals surface area (Å²) in [5, 5.41) is 4.70. The molecule has 0 radical (unpaired) electrons. The van der Waals surface area contributed by atoms with Crippen LogP contribution in [0.5, 0.6) is 0 Å². The van der Waals surface area contributed by atoms with Crippen molar-refractivity contribution in [3.63, 3.8) is 0 Å². The van der Waals surface area contributed by atoms with Crippen molar-refractivity contribution in [2.75, 3.05) is 13.2 Å². The Morgan fingerprint density at radius 3 is 1.74 bits per heavy atom. The standard InChI is InChI=1S/C39H31O4PS.Os/c1-4-15-34-36-37(39(41)43-38(36)40)35(45-34)23-22-29(24-30-26-42-25-28(30)5-2)27(3)44(31-16-9-6-10-17-31,32-18-11-7-12-19-32)33-20-13-8-14-21-33;/h4-24H,25-26H2,1-2H3;/q+1;/b15-4+,23-22+,28-5?,29-27?,30-24?;. The van der Waals surface area contributed by atoms with Crippen LogP contribution in [0.15, 0.2) is 137 Å². The first-order chi connectivity index (χ1) is 22.5. The summed E-state index contributed by atoms with van der Waals surface area (Å²) in [5.74, 6) is -1.20. The van der Waals surface area contributed by atoms with Gasteiger partial charge in [0, 0.05) is 0 Å². The molecule has 0 aliphatic carbocycles. The Kier molecular flexibility index (Phi) is 9.86. The van der Waals surface area contributed by atoms with Crippen LogP contribution < -0.4 is 15.9 Å². The van der Waals surface area contributed by atoms with E-state index in [1.165, 1.54) is 27.3 Å². The van der Waals surface area contributed by atoms with Crippen LogP contribution in [-0.2, 0) is 27.4 Å². The summed E-state index contributed by atoms with van der Waals surface area (Å²) >= 11 is 3.14. The number of rotatable bonds is 8. The van der Waals surface area contributed by atoms with E-state index in [9.17, 15) is 9.59 Å². The number of benzene rings is 3.